The molecular weight excluding hydrogens is 672 g/mol. The predicted molar refractivity (Wildman–Crippen MR) is 176 cm³/mol. The molecule has 250 valence electrons. The van der Waals surface area contributed by atoms with Gasteiger partial charge in [-0.2, -0.15) is 23.4 Å². The van der Waals surface area contributed by atoms with Gasteiger partial charge in [-0.05, 0) is 44.2 Å². The molecule has 1 aliphatic carbocycles. The Labute approximate surface area is 279 Å². The highest BCUT2D eigenvalue weighted by Gasteiger charge is 2.45. The number of thiophene rings is 1. The Morgan fingerprint density at radius 3 is 2.44 bits per heavy atom. The van der Waals surface area contributed by atoms with Crippen molar-refractivity contribution in [2.45, 2.75) is 62.8 Å². The van der Waals surface area contributed by atoms with E-state index in [1.807, 2.05) is 6.07 Å². The van der Waals surface area contributed by atoms with Gasteiger partial charge in [-0.1, -0.05) is 13.0 Å². The van der Waals surface area contributed by atoms with E-state index < -0.39 is 52.3 Å². The summed E-state index contributed by atoms with van der Waals surface area (Å²) in [5, 5.41) is 9.50. The highest BCUT2D eigenvalue weighted by atomic mass is 32.2. The Bertz CT molecular complexity index is 2150. The number of rotatable bonds is 3. The van der Waals surface area contributed by atoms with Gasteiger partial charge in [-0.3, -0.25) is 9.36 Å². The quantitative estimate of drug-likeness (QED) is 0.183. The number of thioether (sulfide) groups is 1. The number of halogens is 5. The summed E-state index contributed by atoms with van der Waals surface area (Å²) in [6.07, 6.45) is -1.47. The number of nitrogens with two attached hydrogens (primary N) is 1. The van der Waals surface area contributed by atoms with Crippen LogP contribution in [0.4, 0.5) is 32.8 Å². The van der Waals surface area contributed by atoms with Crippen LogP contribution in [-0.2, 0) is 17.5 Å². The molecule has 2 fully saturated rings. The Balaban J connectivity index is 1.59. The lowest BCUT2D eigenvalue weighted by Gasteiger charge is -2.45. The molecule has 2 aromatic carbocycles. The summed E-state index contributed by atoms with van der Waals surface area (Å²) in [6.45, 7) is 7.73. The lowest BCUT2D eigenvalue weighted by Crippen LogP contribution is -2.58. The first-order valence-corrected chi connectivity index (χ1v) is 17.1. The van der Waals surface area contributed by atoms with E-state index in [0.717, 1.165) is 37.1 Å². The van der Waals surface area contributed by atoms with Crippen LogP contribution in [0, 0.1) is 28.4 Å². The summed E-state index contributed by atoms with van der Waals surface area (Å²) in [7, 11) is 0. The number of carbonyl (C=O) groups excluding carboxylic acids is 1. The zero-order valence-electron chi connectivity index (χ0n) is 25.9. The third-order valence-corrected chi connectivity index (χ3v) is 12.3. The van der Waals surface area contributed by atoms with Crippen LogP contribution in [0.15, 0.2) is 34.5 Å². The van der Waals surface area contributed by atoms with Crippen molar-refractivity contribution in [3.8, 4) is 17.2 Å². The van der Waals surface area contributed by atoms with E-state index in [2.05, 4.69) is 11.6 Å². The third kappa shape index (κ3) is 4.78. The molecule has 1 saturated heterocycles. The Hall–Kier alpha value is -4.16. The number of alkyl halides is 3. The van der Waals surface area contributed by atoms with Crippen molar-refractivity contribution in [3.63, 3.8) is 0 Å². The van der Waals surface area contributed by atoms with E-state index in [9.17, 15) is 14.9 Å². The van der Waals surface area contributed by atoms with E-state index in [-0.39, 0.29) is 73.2 Å². The SMILES string of the molecule is C=CC(=O)N1[C@H](C)CN(c2nc(=O)n3c4c(c(-c5c(F)cc(F)c6sc(N)c(C#N)c56)c(C(F)(F)F)cc24)SCC2(CCC2)C3)C[C@@H]1C. The zero-order chi connectivity index (χ0) is 34.4. The molecule has 2 aliphatic heterocycles. The van der Waals surface area contributed by atoms with Crippen molar-refractivity contribution in [1.82, 2.24) is 14.5 Å². The first-order valence-electron chi connectivity index (χ1n) is 15.3. The van der Waals surface area contributed by atoms with E-state index in [1.165, 1.54) is 10.6 Å². The molecule has 7 rings (SSSR count). The van der Waals surface area contributed by atoms with Crippen molar-refractivity contribution in [2.24, 2.45) is 5.41 Å². The lowest BCUT2D eigenvalue weighted by molar-refractivity contribution is -0.137. The van der Waals surface area contributed by atoms with Gasteiger partial charge < -0.3 is 15.5 Å². The van der Waals surface area contributed by atoms with Crippen molar-refractivity contribution >= 4 is 60.8 Å². The van der Waals surface area contributed by atoms with Gasteiger partial charge in [0, 0.05) is 70.3 Å². The molecule has 3 aliphatic rings. The van der Waals surface area contributed by atoms with Gasteiger partial charge in [-0.15, -0.1) is 23.1 Å². The number of amides is 1. The summed E-state index contributed by atoms with van der Waals surface area (Å²) in [6, 6.07) is 2.45. The van der Waals surface area contributed by atoms with Gasteiger partial charge in [0.1, 0.15) is 28.5 Å². The number of carbonyl (C=O) groups is 1. The summed E-state index contributed by atoms with van der Waals surface area (Å²) < 4.78 is 78.4. The van der Waals surface area contributed by atoms with Crippen LogP contribution in [0.25, 0.3) is 32.1 Å². The number of nitrogen functional groups attached to an aromatic ring is 1. The minimum absolute atomic E-state index is 0.00591. The number of fused-ring (bicyclic) bond motifs is 1. The second kappa shape index (κ2) is 11.2. The van der Waals surface area contributed by atoms with Crippen LogP contribution in [0.3, 0.4) is 0 Å². The highest BCUT2D eigenvalue weighted by molar-refractivity contribution is 7.99. The van der Waals surface area contributed by atoms with Crippen LogP contribution < -0.4 is 16.3 Å². The average Bonchev–Trinajstić information content (AvgIpc) is 3.21. The number of hydrogen-bond acceptors (Lipinski definition) is 8. The average molecular weight is 701 g/mol. The topological polar surface area (TPSA) is 108 Å². The fourth-order valence-corrected chi connectivity index (χ4v) is 10.1. The van der Waals surface area contributed by atoms with Gasteiger partial charge >= 0.3 is 11.9 Å². The Morgan fingerprint density at radius 1 is 1.17 bits per heavy atom. The van der Waals surface area contributed by atoms with Gasteiger partial charge in [-0.25, -0.2) is 13.6 Å². The van der Waals surface area contributed by atoms with Crippen molar-refractivity contribution in [3.05, 3.63) is 58.0 Å². The summed E-state index contributed by atoms with van der Waals surface area (Å²) >= 11 is 1.77. The number of piperazine rings is 1. The fraction of sp³-hybridized carbons (Fsp3) is 0.394. The van der Waals surface area contributed by atoms with Crippen LogP contribution in [0.5, 0.6) is 0 Å². The summed E-state index contributed by atoms with van der Waals surface area (Å²) in [5.74, 6) is -2.24. The second-order valence-corrected chi connectivity index (χ2v) is 14.9. The molecule has 0 radical (unpaired) electrons. The Kier molecular flexibility index (Phi) is 7.56. The van der Waals surface area contributed by atoms with Crippen molar-refractivity contribution in [2.75, 3.05) is 29.5 Å². The standard InChI is InChI=1S/C33H29F5N6O2S2/c1-4-22(45)44-15(2)11-42(12-16(44)3)30-17-8-19(33(36,37)38)24(25-20(34)9-21(35)27-23(25)18(10-39)29(40)48-27)28-26(17)43(31(46)41-30)13-32(14-47-28)6-5-7-32/h4,8-9,15-16H,1,5-7,11-14,40H2,2-3H3/t15-,16+. The van der Waals surface area contributed by atoms with E-state index in [1.54, 1.807) is 23.6 Å². The van der Waals surface area contributed by atoms with E-state index in [4.69, 9.17) is 5.73 Å². The van der Waals surface area contributed by atoms with E-state index >= 15 is 22.0 Å². The predicted octanol–water partition coefficient (Wildman–Crippen LogP) is 6.92. The summed E-state index contributed by atoms with van der Waals surface area (Å²) in [4.78, 5) is 34.3. The maximum atomic E-state index is 16.1. The molecule has 1 spiro atoms. The molecular formula is C33H29F5N6O2S2. The molecule has 1 saturated carbocycles. The highest BCUT2D eigenvalue weighted by Crippen LogP contribution is 2.56. The number of aromatic nitrogens is 2. The molecule has 1 amide bonds. The smallest absolute Gasteiger partial charge is 0.389 e. The number of benzene rings is 2. The van der Waals surface area contributed by atoms with Crippen molar-refractivity contribution in [1.29, 1.82) is 5.26 Å². The molecule has 4 heterocycles. The number of nitriles is 1. The molecule has 0 bridgehead atoms. The molecule has 15 heteroatoms. The van der Waals surface area contributed by atoms with Crippen molar-refractivity contribution < 1.29 is 26.7 Å². The number of anilines is 2. The molecule has 8 nitrogen and oxygen atoms in total. The van der Waals surface area contributed by atoms with Crippen LogP contribution in [0.2, 0.25) is 0 Å². The molecule has 2 aromatic heterocycles. The normalized spacial score (nSPS) is 20.5. The maximum absolute atomic E-state index is 16.1. The largest absolute Gasteiger partial charge is 0.417 e. The maximum Gasteiger partial charge on any atom is 0.417 e. The molecule has 2 atom stereocenters. The Morgan fingerprint density at radius 2 is 1.85 bits per heavy atom. The minimum Gasteiger partial charge on any atom is -0.389 e. The van der Waals surface area contributed by atoms with Gasteiger partial charge in [0.25, 0.3) is 0 Å². The van der Waals surface area contributed by atoms with Crippen LogP contribution >= 0.6 is 23.1 Å². The third-order valence-electron chi connectivity index (χ3n) is 9.84. The molecule has 4 aromatic rings. The van der Waals surface area contributed by atoms with Crippen LogP contribution in [-0.4, -0.2) is 51.3 Å². The minimum atomic E-state index is -5.05. The van der Waals surface area contributed by atoms with E-state index in [0.29, 0.717) is 23.2 Å². The van der Waals surface area contributed by atoms with Gasteiger partial charge in [0.15, 0.2) is 0 Å². The lowest BCUT2D eigenvalue weighted by atomic mass is 9.70. The molecule has 0 unspecified atom stereocenters. The first-order chi connectivity index (χ1) is 22.7. The zero-order valence-corrected chi connectivity index (χ0v) is 27.5. The fourth-order valence-electron chi connectivity index (χ4n) is 7.59. The first kappa shape index (κ1) is 32.4. The molecule has 2 N–H and O–H groups in total. The number of hydrogen-bond donors (Lipinski definition) is 1. The second-order valence-electron chi connectivity index (χ2n) is 12.9. The van der Waals surface area contributed by atoms with Crippen LogP contribution in [0.1, 0.15) is 44.2 Å². The number of nitrogens with zero attached hydrogens (tertiary/aromatic N) is 5. The van der Waals surface area contributed by atoms with Gasteiger partial charge in [0.2, 0.25) is 5.91 Å². The molecule has 48 heavy (non-hydrogen) atoms. The monoisotopic (exact) mass is 700 g/mol. The van der Waals surface area contributed by atoms with Gasteiger partial charge in [0.05, 0.1) is 21.3 Å². The summed E-state index contributed by atoms with van der Waals surface area (Å²) in [5.41, 5.74) is 2.44.